The van der Waals surface area contributed by atoms with Crippen LogP contribution in [0.25, 0.3) is 0 Å². The minimum atomic E-state index is -0.568. The van der Waals surface area contributed by atoms with Crippen LogP contribution in [0.15, 0.2) is 30.5 Å². The van der Waals surface area contributed by atoms with E-state index >= 15 is 0 Å². The SMILES string of the molecule is O=C(c1ccc(F)nc1)N1CC=CC1. The fourth-order valence-electron chi connectivity index (χ4n) is 1.33. The summed E-state index contributed by atoms with van der Waals surface area (Å²) in [6.45, 7) is 1.24. The predicted octanol–water partition coefficient (Wildman–Crippen LogP) is 1.23. The fourth-order valence-corrected chi connectivity index (χ4v) is 1.33. The summed E-state index contributed by atoms with van der Waals surface area (Å²) >= 11 is 0. The number of nitrogens with zero attached hydrogens (tertiary/aromatic N) is 2. The molecule has 0 aliphatic carbocycles. The predicted molar refractivity (Wildman–Crippen MR) is 49.2 cm³/mol. The van der Waals surface area contributed by atoms with E-state index in [1.807, 2.05) is 12.2 Å². The van der Waals surface area contributed by atoms with Gasteiger partial charge < -0.3 is 4.90 Å². The second-order valence-electron chi connectivity index (χ2n) is 3.05. The lowest BCUT2D eigenvalue weighted by molar-refractivity contribution is 0.0799. The number of carbonyl (C=O) groups excluding carboxylic acids is 1. The lowest BCUT2D eigenvalue weighted by Crippen LogP contribution is -2.28. The number of pyridine rings is 1. The van der Waals surface area contributed by atoms with E-state index in [0.717, 1.165) is 0 Å². The standard InChI is InChI=1S/C10H9FN2O/c11-9-4-3-8(7-12-9)10(14)13-5-1-2-6-13/h1-4,7H,5-6H2. The smallest absolute Gasteiger partial charge is 0.255 e. The lowest BCUT2D eigenvalue weighted by atomic mass is 10.2. The Morgan fingerprint density at radius 1 is 1.36 bits per heavy atom. The maximum absolute atomic E-state index is 12.5. The van der Waals surface area contributed by atoms with Crippen molar-refractivity contribution in [3.63, 3.8) is 0 Å². The Kier molecular flexibility index (Phi) is 2.26. The first kappa shape index (κ1) is 8.87. The van der Waals surface area contributed by atoms with Crippen LogP contribution >= 0.6 is 0 Å². The lowest BCUT2D eigenvalue weighted by Gasteiger charge is -2.14. The number of rotatable bonds is 1. The molecule has 0 radical (unpaired) electrons. The van der Waals surface area contributed by atoms with Gasteiger partial charge in [-0.15, -0.1) is 0 Å². The first-order valence-corrected chi connectivity index (χ1v) is 4.33. The van der Waals surface area contributed by atoms with Crippen LogP contribution in [-0.2, 0) is 0 Å². The summed E-state index contributed by atoms with van der Waals surface area (Å²) in [5.74, 6) is -0.677. The molecule has 0 unspecified atom stereocenters. The molecule has 1 aliphatic heterocycles. The minimum Gasteiger partial charge on any atom is -0.331 e. The Morgan fingerprint density at radius 3 is 2.64 bits per heavy atom. The monoisotopic (exact) mass is 192 g/mol. The van der Waals surface area contributed by atoms with E-state index in [0.29, 0.717) is 18.7 Å². The molecule has 0 atom stereocenters. The average molecular weight is 192 g/mol. The van der Waals surface area contributed by atoms with E-state index in [1.165, 1.54) is 18.3 Å². The molecule has 1 aliphatic rings. The van der Waals surface area contributed by atoms with E-state index in [4.69, 9.17) is 0 Å². The zero-order chi connectivity index (χ0) is 9.97. The Hall–Kier alpha value is -1.71. The van der Waals surface area contributed by atoms with Crippen LogP contribution in [0.3, 0.4) is 0 Å². The van der Waals surface area contributed by atoms with Crippen molar-refractivity contribution in [1.82, 2.24) is 9.88 Å². The number of carbonyl (C=O) groups is 1. The molecule has 0 fully saturated rings. The third-order valence-electron chi connectivity index (χ3n) is 2.08. The summed E-state index contributed by atoms with van der Waals surface area (Å²) in [6, 6.07) is 2.64. The van der Waals surface area contributed by atoms with Crippen LogP contribution < -0.4 is 0 Å². The summed E-state index contributed by atoms with van der Waals surface area (Å²) in [5, 5.41) is 0. The van der Waals surface area contributed by atoms with Gasteiger partial charge in [-0.2, -0.15) is 4.39 Å². The van der Waals surface area contributed by atoms with Gasteiger partial charge in [0.05, 0.1) is 5.56 Å². The van der Waals surface area contributed by atoms with E-state index in [2.05, 4.69) is 4.98 Å². The first-order valence-electron chi connectivity index (χ1n) is 4.33. The van der Waals surface area contributed by atoms with Crippen molar-refractivity contribution in [2.45, 2.75) is 0 Å². The Balaban J connectivity index is 2.14. The molecule has 0 bridgehead atoms. The van der Waals surface area contributed by atoms with Crippen LogP contribution in [0.2, 0.25) is 0 Å². The van der Waals surface area contributed by atoms with Gasteiger partial charge in [0, 0.05) is 19.3 Å². The van der Waals surface area contributed by atoms with Gasteiger partial charge in [-0.1, -0.05) is 12.2 Å². The molecule has 1 aromatic heterocycles. The molecule has 2 heterocycles. The van der Waals surface area contributed by atoms with Crippen LogP contribution in [0.5, 0.6) is 0 Å². The minimum absolute atomic E-state index is 0.109. The van der Waals surface area contributed by atoms with Crippen LogP contribution in [-0.4, -0.2) is 28.9 Å². The summed E-state index contributed by atoms with van der Waals surface area (Å²) in [7, 11) is 0. The highest BCUT2D eigenvalue weighted by molar-refractivity contribution is 5.94. The molecule has 72 valence electrons. The maximum Gasteiger partial charge on any atom is 0.255 e. The second kappa shape index (κ2) is 3.57. The zero-order valence-corrected chi connectivity index (χ0v) is 7.48. The normalized spacial score (nSPS) is 14.8. The Morgan fingerprint density at radius 2 is 2.07 bits per heavy atom. The summed E-state index contributed by atoms with van der Waals surface area (Å²) < 4.78 is 12.5. The molecule has 0 saturated carbocycles. The van der Waals surface area contributed by atoms with Gasteiger partial charge in [-0.3, -0.25) is 4.79 Å². The summed E-state index contributed by atoms with van der Waals surface area (Å²) in [5.41, 5.74) is 0.426. The summed E-state index contributed by atoms with van der Waals surface area (Å²) in [6.07, 6.45) is 5.11. The van der Waals surface area contributed by atoms with Gasteiger partial charge in [0.15, 0.2) is 0 Å². The molecule has 14 heavy (non-hydrogen) atoms. The third kappa shape index (κ3) is 1.64. The van der Waals surface area contributed by atoms with Crippen LogP contribution in [0, 0.1) is 5.95 Å². The van der Waals surface area contributed by atoms with Crippen molar-refractivity contribution in [3.05, 3.63) is 42.0 Å². The first-order chi connectivity index (χ1) is 6.77. The van der Waals surface area contributed by atoms with Crippen LogP contribution in [0.4, 0.5) is 4.39 Å². The maximum atomic E-state index is 12.5. The van der Waals surface area contributed by atoms with E-state index in [9.17, 15) is 9.18 Å². The Bertz CT molecular complexity index is 364. The molecule has 4 heteroatoms. The highest BCUT2D eigenvalue weighted by Crippen LogP contribution is 2.07. The Labute approximate surface area is 80.9 Å². The molecule has 1 amide bonds. The number of hydrogen-bond donors (Lipinski definition) is 0. The van der Waals surface area contributed by atoms with Crippen molar-refractivity contribution >= 4 is 5.91 Å². The number of hydrogen-bond acceptors (Lipinski definition) is 2. The largest absolute Gasteiger partial charge is 0.331 e. The van der Waals surface area contributed by atoms with E-state index in [-0.39, 0.29) is 5.91 Å². The molecular weight excluding hydrogens is 183 g/mol. The van der Waals surface area contributed by atoms with Gasteiger partial charge in [0.1, 0.15) is 0 Å². The third-order valence-corrected chi connectivity index (χ3v) is 2.08. The molecule has 0 saturated heterocycles. The van der Waals surface area contributed by atoms with Gasteiger partial charge in [0.2, 0.25) is 5.95 Å². The summed E-state index contributed by atoms with van der Waals surface area (Å²) in [4.78, 5) is 16.8. The quantitative estimate of drug-likeness (QED) is 0.495. The van der Waals surface area contributed by atoms with Gasteiger partial charge in [0.25, 0.3) is 5.91 Å². The van der Waals surface area contributed by atoms with Crippen molar-refractivity contribution in [1.29, 1.82) is 0 Å². The van der Waals surface area contributed by atoms with Crippen molar-refractivity contribution < 1.29 is 9.18 Å². The average Bonchev–Trinajstić information content (AvgIpc) is 2.71. The van der Waals surface area contributed by atoms with Crippen molar-refractivity contribution in [3.8, 4) is 0 Å². The van der Waals surface area contributed by atoms with Gasteiger partial charge in [-0.25, -0.2) is 4.98 Å². The van der Waals surface area contributed by atoms with E-state index < -0.39 is 5.95 Å². The van der Waals surface area contributed by atoms with E-state index in [1.54, 1.807) is 4.90 Å². The second-order valence-corrected chi connectivity index (χ2v) is 3.05. The number of halogens is 1. The number of amides is 1. The zero-order valence-electron chi connectivity index (χ0n) is 7.48. The molecule has 0 spiro atoms. The number of aromatic nitrogens is 1. The van der Waals surface area contributed by atoms with Gasteiger partial charge >= 0.3 is 0 Å². The van der Waals surface area contributed by atoms with Crippen molar-refractivity contribution in [2.24, 2.45) is 0 Å². The van der Waals surface area contributed by atoms with Gasteiger partial charge in [-0.05, 0) is 12.1 Å². The highest BCUT2D eigenvalue weighted by atomic mass is 19.1. The molecule has 1 aromatic rings. The molecule has 0 aromatic carbocycles. The van der Waals surface area contributed by atoms with Crippen LogP contribution in [0.1, 0.15) is 10.4 Å². The highest BCUT2D eigenvalue weighted by Gasteiger charge is 2.16. The molecular formula is C10H9FN2O. The molecule has 2 rings (SSSR count). The van der Waals surface area contributed by atoms with Crippen molar-refractivity contribution in [2.75, 3.05) is 13.1 Å². The topological polar surface area (TPSA) is 33.2 Å². The fraction of sp³-hybridized carbons (Fsp3) is 0.200. The molecule has 0 N–H and O–H groups in total. The molecule has 3 nitrogen and oxygen atoms in total.